The number of ketones is 2. The summed E-state index contributed by atoms with van der Waals surface area (Å²) in [5.74, 6) is -1.99. The molecule has 5 rings (SSSR count). The number of aromatic nitrogens is 5. The Labute approximate surface area is 239 Å². The Kier molecular flexibility index (Phi) is 7.72. The number of carboxylic acids is 2. The number of fused-ring (bicyclic) bond motifs is 2. The van der Waals surface area contributed by atoms with Gasteiger partial charge in [0.05, 0.1) is 59.4 Å². The normalized spacial score (nSPS) is 11.2. The third-order valence-electron chi connectivity index (χ3n) is 6.06. The van der Waals surface area contributed by atoms with Gasteiger partial charge in [0.2, 0.25) is 0 Å². The largest absolute Gasteiger partial charge is 0.496 e. The first-order chi connectivity index (χ1) is 19.7. The second kappa shape index (κ2) is 11.4. The number of thiazole rings is 2. The average molecular weight is 596 g/mol. The number of hydrogen-bond acceptors (Lipinski definition) is 12. The van der Waals surface area contributed by atoms with Crippen LogP contribution in [0.15, 0.2) is 30.5 Å². The minimum Gasteiger partial charge on any atom is -0.496 e. The fraction of sp³-hybridized carbons (Fsp3) is 0.231. The second-order valence-electron chi connectivity index (χ2n) is 8.71. The van der Waals surface area contributed by atoms with Gasteiger partial charge >= 0.3 is 11.9 Å². The van der Waals surface area contributed by atoms with E-state index < -0.39 is 11.9 Å². The van der Waals surface area contributed by atoms with E-state index in [9.17, 15) is 19.2 Å². The molecule has 0 aliphatic heterocycles. The summed E-state index contributed by atoms with van der Waals surface area (Å²) in [6, 6.07) is 6.91. The fourth-order valence-corrected chi connectivity index (χ4v) is 5.99. The van der Waals surface area contributed by atoms with Gasteiger partial charge in [-0.15, -0.1) is 27.8 Å². The van der Waals surface area contributed by atoms with Gasteiger partial charge in [-0.2, -0.15) is 0 Å². The summed E-state index contributed by atoms with van der Waals surface area (Å²) in [6.45, 7) is 0. The van der Waals surface area contributed by atoms with Crippen LogP contribution in [0.1, 0.15) is 45.3 Å². The van der Waals surface area contributed by atoms with Crippen molar-refractivity contribution in [3.05, 3.63) is 40.5 Å². The lowest BCUT2D eigenvalue weighted by atomic mass is 10.1. The molecule has 0 bridgehead atoms. The number of aliphatic carboxylic acids is 2. The standard InChI is InChI=1S/C26H21N5O8S2/c1-38-19-8-13-21(40-25(28-13)17(32)3-5-23(34)35)7-12(19)16-11-27-30-31(16)15-10-22-14(9-20(15)39-2)29-26(41-22)18(33)4-6-24(36)37/h7-11H,3-6H2,1-2H3,(H,34,35)(H,36,37). The van der Waals surface area contributed by atoms with Gasteiger partial charge in [0.15, 0.2) is 21.6 Å². The van der Waals surface area contributed by atoms with Crippen LogP contribution in [0.4, 0.5) is 0 Å². The number of hydrogen-bond donors (Lipinski definition) is 2. The van der Waals surface area contributed by atoms with Crippen LogP contribution in [-0.4, -0.2) is 72.9 Å². The van der Waals surface area contributed by atoms with Crippen LogP contribution >= 0.6 is 22.7 Å². The molecule has 5 aromatic rings. The van der Waals surface area contributed by atoms with Crippen LogP contribution in [0.25, 0.3) is 37.4 Å². The molecule has 2 N–H and O–H groups in total. The molecule has 2 aromatic carbocycles. The van der Waals surface area contributed by atoms with Gasteiger partial charge in [0, 0.05) is 30.5 Å². The number of ether oxygens (including phenoxy) is 2. The Balaban J connectivity index is 1.56. The summed E-state index contributed by atoms with van der Waals surface area (Å²) in [5, 5.41) is 26.5. The molecular formula is C26H21N5O8S2. The Bertz CT molecular complexity index is 1710. The highest BCUT2D eigenvalue weighted by Crippen LogP contribution is 2.39. The van der Waals surface area contributed by atoms with Crippen LogP contribution in [0, 0.1) is 0 Å². The molecule has 0 spiro atoms. The number of carbonyl (C=O) groups excluding carboxylic acids is 2. The second-order valence-corrected chi connectivity index (χ2v) is 10.8. The number of Topliss-reactive ketones (excluding diaryl/α,β-unsaturated/α-hetero) is 2. The van der Waals surface area contributed by atoms with Gasteiger partial charge in [-0.25, -0.2) is 14.6 Å². The number of carbonyl (C=O) groups is 4. The maximum Gasteiger partial charge on any atom is 0.303 e. The number of benzene rings is 2. The Morgan fingerprint density at radius 2 is 1.32 bits per heavy atom. The first kappa shape index (κ1) is 27.8. The summed E-state index contributed by atoms with van der Waals surface area (Å²) in [5.41, 5.74) is 2.69. The molecule has 0 fully saturated rings. The molecular weight excluding hydrogens is 574 g/mol. The molecule has 0 radical (unpaired) electrons. The summed E-state index contributed by atoms with van der Waals surface area (Å²) in [7, 11) is 2.98. The van der Waals surface area contributed by atoms with E-state index in [4.69, 9.17) is 19.7 Å². The summed E-state index contributed by atoms with van der Waals surface area (Å²) < 4.78 is 14.1. The Morgan fingerprint density at radius 1 is 0.780 bits per heavy atom. The van der Waals surface area contributed by atoms with E-state index in [1.165, 1.54) is 14.2 Å². The monoisotopic (exact) mass is 595 g/mol. The van der Waals surface area contributed by atoms with E-state index in [0.29, 0.717) is 48.9 Å². The predicted molar refractivity (Wildman–Crippen MR) is 149 cm³/mol. The Hall–Kier alpha value is -4.76. The summed E-state index contributed by atoms with van der Waals surface area (Å²) >= 11 is 2.29. The molecule has 41 heavy (non-hydrogen) atoms. The van der Waals surface area contributed by atoms with Gasteiger partial charge in [0.25, 0.3) is 0 Å². The van der Waals surface area contributed by atoms with Gasteiger partial charge in [-0.3, -0.25) is 19.2 Å². The van der Waals surface area contributed by atoms with E-state index in [1.54, 1.807) is 35.1 Å². The lowest BCUT2D eigenvalue weighted by molar-refractivity contribution is -0.137. The van der Waals surface area contributed by atoms with Crippen LogP contribution in [0.3, 0.4) is 0 Å². The van der Waals surface area contributed by atoms with Crippen molar-refractivity contribution >= 4 is 66.6 Å². The molecule has 0 atom stereocenters. The highest BCUT2D eigenvalue weighted by Gasteiger charge is 2.22. The predicted octanol–water partition coefficient (Wildman–Crippen LogP) is 4.27. The van der Waals surface area contributed by atoms with E-state index in [-0.39, 0.29) is 47.3 Å². The molecule has 0 aliphatic carbocycles. The number of methoxy groups -OCH3 is 2. The van der Waals surface area contributed by atoms with Crippen LogP contribution in [0.2, 0.25) is 0 Å². The van der Waals surface area contributed by atoms with Crippen molar-refractivity contribution in [3.63, 3.8) is 0 Å². The minimum absolute atomic E-state index is 0.150. The van der Waals surface area contributed by atoms with Crippen molar-refractivity contribution in [2.75, 3.05) is 14.2 Å². The lowest BCUT2D eigenvalue weighted by Crippen LogP contribution is -2.03. The van der Waals surface area contributed by atoms with Crippen molar-refractivity contribution in [2.24, 2.45) is 0 Å². The molecule has 15 heteroatoms. The summed E-state index contributed by atoms with van der Waals surface area (Å²) in [6.07, 6.45) is 0.677. The highest BCUT2D eigenvalue weighted by molar-refractivity contribution is 7.20. The van der Waals surface area contributed by atoms with Crippen LogP contribution in [0.5, 0.6) is 11.5 Å². The molecule has 3 aromatic heterocycles. The van der Waals surface area contributed by atoms with Gasteiger partial charge in [0.1, 0.15) is 17.2 Å². The van der Waals surface area contributed by atoms with Crippen molar-refractivity contribution in [2.45, 2.75) is 25.7 Å². The first-order valence-electron chi connectivity index (χ1n) is 12.1. The topological polar surface area (TPSA) is 184 Å². The number of nitrogens with zero attached hydrogens (tertiary/aromatic N) is 5. The van der Waals surface area contributed by atoms with E-state index in [1.807, 2.05) is 0 Å². The first-order valence-corrected chi connectivity index (χ1v) is 13.7. The fourth-order valence-electron chi connectivity index (χ4n) is 4.09. The maximum atomic E-state index is 12.5. The zero-order valence-corrected chi connectivity index (χ0v) is 23.2. The van der Waals surface area contributed by atoms with E-state index in [0.717, 1.165) is 22.7 Å². The molecule has 0 aliphatic rings. The average Bonchev–Trinajstić information content (AvgIpc) is 3.70. The van der Waals surface area contributed by atoms with Gasteiger partial charge < -0.3 is 19.7 Å². The van der Waals surface area contributed by atoms with Gasteiger partial charge in [-0.1, -0.05) is 5.21 Å². The van der Waals surface area contributed by atoms with Crippen molar-refractivity contribution in [3.8, 4) is 28.4 Å². The summed E-state index contributed by atoms with van der Waals surface area (Å²) in [4.78, 5) is 55.4. The van der Waals surface area contributed by atoms with E-state index in [2.05, 4.69) is 20.3 Å². The third-order valence-corrected chi connectivity index (χ3v) is 8.18. The van der Waals surface area contributed by atoms with Crippen LogP contribution in [-0.2, 0) is 9.59 Å². The van der Waals surface area contributed by atoms with E-state index >= 15 is 0 Å². The number of rotatable bonds is 12. The molecule has 0 unspecified atom stereocenters. The molecule has 0 saturated carbocycles. The molecule has 0 amide bonds. The third kappa shape index (κ3) is 5.62. The van der Waals surface area contributed by atoms with Crippen molar-refractivity contribution < 1.29 is 38.9 Å². The molecule has 0 saturated heterocycles. The minimum atomic E-state index is -1.06. The SMILES string of the molecule is COc1cc2nc(C(=O)CCC(=O)O)sc2cc1-c1cnnn1-c1cc2sc(C(=O)CCC(=O)O)nc2cc1OC. The van der Waals surface area contributed by atoms with Crippen molar-refractivity contribution in [1.29, 1.82) is 0 Å². The molecule has 13 nitrogen and oxygen atoms in total. The lowest BCUT2D eigenvalue weighted by Gasteiger charge is -2.13. The van der Waals surface area contributed by atoms with Crippen molar-refractivity contribution in [1.82, 2.24) is 25.0 Å². The highest BCUT2D eigenvalue weighted by atomic mass is 32.1. The number of carboxylic acid groups (broad SMARTS) is 2. The Morgan fingerprint density at radius 3 is 1.85 bits per heavy atom. The maximum absolute atomic E-state index is 12.5. The van der Waals surface area contributed by atoms with Crippen LogP contribution < -0.4 is 9.47 Å². The zero-order valence-electron chi connectivity index (χ0n) is 21.6. The zero-order chi connectivity index (χ0) is 29.3. The van der Waals surface area contributed by atoms with Gasteiger partial charge in [-0.05, 0) is 12.1 Å². The quantitative estimate of drug-likeness (QED) is 0.196. The molecule has 3 heterocycles. The molecule has 210 valence electrons. The smallest absolute Gasteiger partial charge is 0.303 e.